The van der Waals surface area contributed by atoms with Crippen LogP contribution in [0, 0.1) is 0 Å². The van der Waals surface area contributed by atoms with Crippen LogP contribution in [0.15, 0.2) is 18.2 Å². The average molecular weight is 294 g/mol. The monoisotopic (exact) mass is 293 g/mol. The molecule has 5 heteroatoms. The molecule has 1 amide bonds. The summed E-state index contributed by atoms with van der Waals surface area (Å²) < 4.78 is 0. The van der Waals surface area contributed by atoms with Crippen molar-refractivity contribution in [1.82, 2.24) is 9.80 Å². The molecule has 0 radical (unpaired) electrons. The predicted octanol–water partition coefficient (Wildman–Crippen LogP) is 2.23. The van der Waals surface area contributed by atoms with Crippen LogP contribution in [0.4, 0.5) is 5.69 Å². The molecule has 2 heterocycles. The van der Waals surface area contributed by atoms with E-state index in [4.69, 9.17) is 17.3 Å². The molecule has 0 aromatic heterocycles. The summed E-state index contributed by atoms with van der Waals surface area (Å²) in [5, 5.41) is 0.447. The summed E-state index contributed by atoms with van der Waals surface area (Å²) in [6.07, 6.45) is 2.42. The first-order chi connectivity index (χ1) is 9.58. The quantitative estimate of drug-likeness (QED) is 0.808. The number of rotatable bonds is 1. The van der Waals surface area contributed by atoms with E-state index in [1.54, 1.807) is 18.2 Å². The summed E-state index contributed by atoms with van der Waals surface area (Å²) in [6, 6.07) is 5.98. The fourth-order valence-corrected chi connectivity index (χ4v) is 3.52. The molecule has 2 fully saturated rings. The van der Waals surface area contributed by atoms with Crippen molar-refractivity contribution in [1.29, 1.82) is 0 Å². The molecule has 1 aromatic rings. The van der Waals surface area contributed by atoms with Crippen molar-refractivity contribution >= 4 is 23.2 Å². The third-order valence-corrected chi connectivity index (χ3v) is 4.81. The summed E-state index contributed by atoms with van der Waals surface area (Å²) >= 11 is 6.02. The van der Waals surface area contributed by atoms with Gasteiger partial charge < -0.3 is 10.6 Å². The van der Waals surface area contributed by atoms with Crippen LogP contribution in [0.2, 0.25) is 5.02 Å². The lowest BCUT2D eigenvalue weighted by Gasteiger charge is -2.42. The van der Waals surface area contributed by atoms with Gasteiger partial charge in [0.15, 0.2) is 0 Å². The molecule has 2 unspecified atom stereocenters. The van der Waals surface area contributed by atoms with Gasteiger partial charge in [0.25, 0.3) is 5.91 Å². The van der Waals surface area contributed by atoms with Gasteiger partial charge in [-0.05, 0) is 38.4 Å². The maximum atomic E-state index is 12.7. The van der Waals surface area contributed by atoms with Gasteiger partial charge in [-0.1, -0.05) is 17.7 Å². The number of nitrogen functional groups attached to an aromatic ring is 1. The highest BCUT2D eigenvalue weighted by Crippen LogP contribution is 2.28. The Labute approximate surface area is 124 Å². The second-order valence-electron chi connectivity index (χ2n) is 5.80. The number of fused-ring (bicyclic) bond motifs is 1. The lowest BCUT2D eigenvalue weighted by molar-refractivity contribution is 0.0396. The van der Waals surface area contributed by atoms with Crippen LogP contribution in [0.25, 0.3) is 0 Å². The average Bonchev–Trinajstić information content (AvgIpc) is 2.87. The molecule has 2 atom stereocenters. The van der Waals surface area contributed by atoms with E-state index < -0.39 is 0 Å². The van der Waals surface area contributed by atoms with Crippen LogP contribution in [0.3, 0.4) is 0 Å². The van der Waals surface area contributed by atoms with Crippen LogP contribution < -0.4 is 5.73 Å². The van der Waals surface area contributed by atoms with Crippen LogP contribution in [0.1, 0.15) is 30.1 Å². The van der Waals surface area contributed by atoms with Crippen LogP contribution >= 0.6 is 11.6 Å². The Balaban J connectivity index is 1.84. The van der Waals surface area contributed by atoms with E-state index in [2.05, 4.69) is 11.8 Å². The molecule has 0 spiro atoms. The standard InChI is InChI=1S/C15H20ClN3O/c1-10-8-18-7-3-4-11(18)9-19(10)15(20)12-5-2-6-13(16)14(12)17/h2,5-6,10-11H,3-4,7-9,17H2,1H3. The molecule has 1 aromatic carbocycles. The van der Waals surface area contributed by atoms with Gasteiger partial charge in [-0.25, -0.2) is 0 Å². The largest absolute Gasteiger partial charge is 0.397 e. The molecule has 0 bridgehead atoms. The van der Waals surface area contributed by atoms with Gasteiger partial charge >= 0.3 is 0 Å². The number of amides is 1. The number of hydrogen-bond acceptors (Lipinski definition) is 3. The number of hydrogen-bond donors (Lipinski definition) is 1. The Morgan fingerprint density at radius 1 is 1.40 bits per heavy atom. The summed E-state index contributed by atoms with van der Waals surface area (Å²) in [5.41, 5.74) is 6.87. The van der Waals surface area contributed by atoms with E-state index in [0.717, 1.165) is 19.6 Å². The first-order valence-electron chi connectivity index (χ1n) is 7.17. The number of nitrogens with two attached hydrogens (primary N) is 1. The number of carbonyl (C=O) groups is 1. The molecule has 108 valence electrons. The number of anilines is 1. The highest BCUT2D eigenvalue weighted by atomic mass is 35.5. The number of nitrogens with zero attached hydrogens (tertiary/aromatic N) is 2. The van der Waals surface area contributed by atoms with Crippen molar-refractivity contribution in [2.75, 3.05) is 25.4 Å². The van der Waals surface area contributed by atoms with Gasteiger partial charge in [0.1, 0.15) is 0 Å². The summed E-state index contributed by atoms with van der Waals surface area (Å²) in [7, 11) is 0. The Hall–Kier alpha value is -1.26. The second-order valence-corrected chi connectivity index (χ2v) is 6.21. The molecule has 2 aliphatic heterocycles. The molecular weight excluding hydrogens is 274 g/mol. The first-order valence-corrected chi connectivity index (χ1v) is 7.54. The van der Waals surface area contributed by atoms with Gasteiger partial charge in [0.05, 0.1) is 16.3 Å². The zero-order valence-corrected chi connectivity index (χ0v) is 12.4. The van der Waals surface area contributed by atoms with Crippen LogP contribution in [-0.2, 0) is 0 Å². The van der Waals surface area contributed by atoms with Gasteiger partial charge in [0.2, 0.25) is 0 Å². The molecule has 2 saturated heterocycles. The fourth-order valence-electron chi connectivity index (χ4n) is 3.35. The smallest absolute Gasteiger partial charge is 0.256 e. The lowest BCUT2D eigenvalue weighted by Crippen LogP contribution is -2.56. The number of para-hydroxylation sites is 1. The SMILES string of the molecule is CC1CN2CCCC2CN1C(=O)c1cccc(Cl)c1N. The number of benzene rings is 1. The molecular formula is C15H20ClN3O. The molecule has 2 N–H and O–H groups in total. The number of carbonyl (C=O) groups excluding carboxylic acids is 1. The molecule has 0 saturated carbocycles. The molecule has 3 rings (SSSR count). The normalized spacial score (nSPS) is 26.6. The zero-order valence-electron chi connectivity index (χ0n) is 11.7. The van der Waals surface area contributed by atoms with Crippen molar-refractivity contribution < 1.29 is 4.79 Å². The van der Waals surface area contributed by atoms with Crippen LogP contribution in [0.5, 0.6) is 0 Å². The Morgan fingerprint density at radius 3 is 3.00 bits per heavy atom. The number of halogens is 1. The van der Waals surface area contributed by atoms with Gasteiger partial charge in [-0.3, -0.25) is 9.69 Å². The first kappa shape index (κ1) is 13.7. The maximum Gasteiger partial charge on any atom is 0.256 e. The Kier molecular flexibility index (Phi) is 3.61. The minimum atomic E-state index is 0.00375. The minimum Gasteiger partial charge on any atom is -0.397 e. The zero-order chi connectivity index (χ0) is 14.3. The van der Waals surface area contributed by atoms with E-state index in [1.807, 2.05) is 4.90 Å². The summed E-state index contributed by atoms with van der Waals surface area (Å²) in [5.74, 6) is 0.00375. The Bertz CT molecular complexity index is 534. The van der Waals surface area contributed by atoms with Gasteiger partial charge in [-0.15, -0.1) is 0 Å². The molecule has 20 heavy (non-hydrogen) atoms. The molecule has 4 nitrogen and oxygen atoms in total. The lowest BCUT2D eigenvalue weighted by atomic mass is 10.1. The van der Waals surface area contributed by atoms with E-state index in [1.165, 1.54) is 12.8 Å². The van der Waals surface area contributed by atoms with Gasteiger partial charge in [-0.2, -0.15) is 0 Å². The van der Waals surface area contributed by atoms with Crippen molar-refractivity contribution in [3.05, 3.63) is 28.8 Å². The highest BCUT2D eigenvalue weighted by molar-refractivity contribution is 6.33. The second kappa shape index (κ2) is 5.26. The topological polar surface area (TPSA) is 49.6 Å². The highest BCUT2D eigenvalue weighted by Gasteiger charge is 2.37. The van der Waals surface area contributed by atoms with Gasteiger partial charge in [0, 0.05) is 25.2 Å². The van der Waals surface area contributed by atoms with Crippen molar-refractivity contribution in [2.45, 2.75) is 31.8 Å². The maximum absolute atomic E-state index is 12.7. The van der Waals surface area contributed by atoms with E-state index in [0.29, 0.717) is 22.3 Å². The van der Waals surface area contributed by atoms with E-state index in [-0.39, 0.29) is 11.9 Å². The fraction of sp³-hybridized carbons (Fsp3) is 0.533. The number of piperazine rings is 1. The van der Waals surface area contributed by atoms with Crippen molar-refractivity contribution in [3.8, 4) is 0 Å². The third-order valence-electron chi connectivity index (χ3n) is 4.48. The van der Waals surface area contributed by atoms with Crippen molar-refractivity contribution in [3.63, 3.8) is 0 Å². The third kappa shape index (κ3) is 2.27. The van der Waals surface area contributed by atoms with Crippen molar-refractivity contribution in [2.24, 2.45) is 0 Å². The summed E-state index contributed by atoms with van der Waals surface area (Å²) in [4.78, 5) is 17.2. The van der Waals surface area contributed by atoms with Crippen LogP contribution in [-0.4, -0.2) is 47.4 Å². The summed E-state index contributed by atoms with van der Waals surface area (Å²) in [6.45, 7) is 5.02. The minimum absolute atomic E-state index is 0.00375. The Morgan fingerprint density at radius 2 is 2.20 bits per heavy atom. The van der Waals surface area contributed by atoms with E-state index >= 15 is 0 Å². The predicted molar refractivity (Wildman–Crippen MR) is 81.0 cm³/mol. The van der Waals surface area contributed by atoms with E-state index in [9.17, 15) is 4.79 Å². The molecule has 0 aliphatic carbocycles. The molecule has 2 aliphatic rings.